The predicted octanol–water partition coefficient (Wildman–Crippen LogP) is 1.80. The molecular formula is C18H22N4O2. The normalized spacial score (nSPS) is 15.3. The van der Waals surface area contributed by atoms with E-state index in [2.05, 4.69) is 20.0 Å². The summed E-state index contributed by atoms with van der Waals surface area (Å²) >= 11 is 0. The van der Waals surface area contributed by atoms with Gasteiger partial charge in [0, 0.05) is 38.3 Å². The van der Waals surface area contributed by atoms with Crippen LogP contribution in [0.1, 0.15) is 16.1 Å². The summed E-state index contributed by atoms with van der Waals surface area (Å²) in [4.78, 5) is 15.3. The Labute approximate surface area is 142 Å². The fourth-order valence-corrected chi connectivity index (χ4v) is 2.70. The SMILES string of the molecule is Cc1ccc(N2CCN(CCOc3ccc(C=O)cc3)CC2)nn1. The van der Waals surface area contributed by atoms with E-state index in [0.29, 0.717) is 12.2 Å². The molecular weight excluding hydrogens is 304 g/mol. The highest BCUT2D eigenvalue weighted by Gasteiger charge is 2.18. The van der Waals surface area contributed by atoms with Crippen LogP contribution in [0, 0.1) is 6.92 Å². The minimum atomic E-state index is 0.644. The second-order valence-corrected chi connectivity index (χ2v) is 5.90. The molecule has 126 valence electrons. The van der Waals surface area contributed by atoms with Gasteiger partial charge in [0.05, 0.1) is 5.69 Å². The number of carbonyl (C=O) groups is 1. The number of piperazine rings is 1. The van der Waals surface area contributed by atoms with Gasteiger partial charge in [0.2, 0.25) is 0 Å². The molecule has 2 heterocycles. The maximum Gasteiger partial charge on any atom is 0.151 e. The molecule has 0 atom stereocenters. The molecule has 1 aliphatic heterocycles. The van der Waals surface area contributed by atoms with Gasteiger partial charge in [-0.15, -0.1) is 5.10 Å². The number of benzene rings is 1. The molecule has 1 fully saturated rings. The van der Waals surface area contributed by atoms with Gasteiger partial charge in [0.1, 0.15) is 18.6 Å². The van der Waals surface area contributed by atoms with Crippen LogP contribution in [0.3, 0.4) is 0 Å². The van der Waals surface area contributed by atoms with Gasteiger partial charge in [0.15, 0.2) is 5.82 Å². The third-order valence-electron chi connectivity index (χ3n) is 4.17. The molecule has 6 nitrogen and oxygen atoms in total. The summed E-state index contributed by atoms with van der Waals surface area (Å²) in [7, 11) is 0. The van der Waals surface area contributed by atoms with Gasteiger partial charge in [-0.2, -0.15) is 5.10 Å². The van der Waals surface area contributed by atoms with E-state index in [1.165, 1.54) is 0 Å². The molecule has 0 spiro atoms. The van der Waals surface area contributed by atoms with E-state index in [-0.39, 0.29) is 0 Å². The Morgan fingerprint density at radius 3 is 2.42 bits per heavy atom. The van der Waals surface area contributed by atoms with E-state index in [1.54, 1.807) is 12.1 Å². The van der Waals surface area contributed by atoms with Gasteiger partial charge < -0.3 is 9.64 Å². The van der Waals surface area contributed by atoms with Crippen molar-refractivity contribution >= 4 is 12.1 Å². The average Bonchev–Trinajstić information content (AvgIpc) is 2.64. The van der Waals surface area contributed by atoms with Crippen LogP contribution in [0.5, 0.6) is 5.75 Å². The number of hydrogen-bond donors (Lipinski definition) is 0. The Hall–Kier alpha value is -2.47. The molecule has 0 radical (unpaired) electrons. The summed E-state index contributed by atoms with van der Waals surface area (Å²) in [6.07, 6.45) is 0.835. The molecule has 2 aromatic rings. The summed E-state index contributed by atoms with van der Waals surface area (Å²) in [5, 5.41) is 8.37. The second kappa shape index (κ2) is 7.88. The van der Waals surface area contributed by atoms with Gasteiger partial charge in [-0.3, -0.25) is 9.69 Å². The fraction of sp³-hybridized carbons (Fsp3) is 0.389. The largest absolute Gasteiger partial charge is 0.492 e. The number of aryl methyl sites for hydroxylation is 1. The van der Waals surface area contributed by atoms with Gasteiger partial charge in [-0.1, -0.05) is 0 Å². The molecule has 1 aromatic carbocycles. The molecule has 0 bridgehead atoms. The summed E-state index contributed by atoms with van der Waals surface area (Å²) in [6.45, 7) is 7.36. The van der Waals surface area contributed by atoms with Crippen LogP contribution in [0.4, 0.5) is 5.82 Å². The number of hydrogen-bond acceptors (Lipinski definition) is 6. The van der Waals surface area contributed by atoms with Crippen molar-refractivity contribution in [1.29, 1.82) is 0 Å². The zero-order valence-electron chi connectivity index (χ0n) is 13.9. The summed E-state index contributed by atoms with van der Waals surface area (Å²) < 4.78 is 5.74. The Morgan fingerprint density at radius 2 is 1.79 bits per heavy atom. The smallest absolute Gasteiger partial charge is 0.151 e. The fourth-order valence-electron chi connectivity index (χ4n) is 2.70. The van der Waals surface area contributed by atoms with Crippen LogP contribution in [0.25, 0.3) is 0 Å². The average molecular weight is 326 g/mol. The molecule has 0 unspecified atom stereocenters. The van der Waals surface area contributed by atoms with Crippen LogP contribution >= 0.6 is 0 Å². The monoisotopic (exact) mass is 326 g/mol. The maximum atomic E-state index is 10.6. The van der Waals surface area contributed by atoms with Gasteiger partial charge in [0.25, 0.3) is 0 Å². The van der Waals surface area contributed by atoms with E-state index < -0.39 is 0 Å². The van der Waals surface area contributed by atoms with Crippen LogP contribution < -0.4 is 9.64 Å². The van der Waals surface area contributed by atoms with E-state index >= 15 is 0 Å². The third kappa shape index (κ3) is 4.29. The van der Waals surface area contributed by atoms with Crippen molar-refractivity contribution in [2.45, 2.75) is 6.92 Å². The highest BCUT2D eigenvalue weighted by molar-refractivity contribution is 5.74. The van der Waals surface area contributed by atoms with Crippen molar-refractivity contribution < 1.29 is 9.53 Å². The quantitative estimate of drug-likeness (QED) is 0.755. The molecule has 0 saturated carbocycles. The first kappa shape index (κ1) is 16.4. The van der Waals surface area contributed by atoms with Gasteiger partial charge in [-0.05, 0) is 43.3 Å². The van der Waals surface area contributed by atoms with Crippen LogP contribution in [-0.2, 0) is 0 Å². The highest BCUT2D eigenvalue weighted by Crippen LogP contribution is 2.13. The summed E-state index contributed by atoms with van der Waals surface area (Å²) in [6, 6.07) is 11.2. The van der Waals surface area contributed by atoms with Crippen molar-refractivity contribution in [1.82, 2.24) is 15.1 Å². The molecule has 3 rings (SSSR count). The minimum absolute atomic E-state index is 0.644. The number of rotatable bonds is 6. The first-order chi connectivity index (χ1) is 11.7. The van der Waals surface area contributed by atoms with E-state index in [1.807, 2.05) is 31.2 Å². The lowest BCUT2D eigenvalue weighted by Gasteiger charge is -2.35. The van der Waals surface area contributed by atoms with Crippen LogP contribution in [0.15, 0.2) is 36.4 Å². The lowest BCUT2D eigenvalue weighted by atomic mass is 10.2. The van der Waals surface area contributed by atoms with Crippen molar-refractivity contribution in [2.24, 2.45) is 0 Å². The van der Waals surface area contributed by atoms with Crippen molar-refractivity contribution in [3.63, 3.8) is 0 Å². The number of ether oxygens (including phenoxy) is 1. The van der Waals surface area contributed by atoms with Crippen molar-refractivity contribution in [2.75, 3.05) is 44.2 Å². The second-order valence-electron chi connectivity index (χ2n) is 5.90. The van der Waals surface area contributed by atoms with Gasteiger partial charge >= 0.3 is 0 Å². The molecule has 0 amide bonds. The number of anilines is 1. The third-order valence-corrected chi connectivity index (χ3v) is 4.17. The summed E-state index contributed by atoms with van der Waals surface area (Å²) in [5.41, 5.74) is 1.60. The standard InChI is InChI=1S/C18H22N4O2/c1-15-2-7-18(20-19-15)22-10-8-21(9-11-22)12-13-24-17-5-3-16(14-23)4-6-17/h2-7,14H,8-13H2,1H3. The highest BCUT2D eigenvalue weighted by atomic mass is 16.5. The topological polar surface area (TPSA) is 58.6 Å². The maximum absolute atomic E-state index is 10.6. The zero-order valence-corrected chi connectivity index (χ0v) is 13.9. The minimum Gasteiger partial charge on any atom is -0.492 e. The number of aromatic nitrogens is 2. The molecule has 24 heavy (non-hydrogen) atoms. The number of nitrogens with zero attached hydrogens (tertiary/aromatic N) is 4. The van der Waals surface area contributed by atoms with E-state index in [0.717, 1.165) is 56.3 Å². The number of carbonyl (C=O) groups excluding carboxylic acids is 1. The molecule has 0 aliphatic carbocycles. The molecule has 6 heteroatoms. The molecule has 1 aliphatic rings. The lowest BCUT2D eigenvalue weighted by Crippen LogP contribution is -2.47. The number of aldehydes is 1. The first-order valence-corrected chi connectivity index (χ1v) is 8.20. The van der Waals surface area contributed by atoms with Crippen molar-refractivity contribution in [3.8, 4) is 5.75 Å². The summed E-state index contributed by atoms with van der Waals surface area (Å²) in [5.74, 6) is 1.75. The van der Waals surface area contributed by atoms with Crippen molar-refractivity contribution in [3.05, 3.63) is 47.7 Å². The molecule has 0 N–H and O–H groups in total. The van der Waals surface area contributed by atoms with Crippen LogP contribution in [-0.4, -0.2) is 60.7 Å². The zero-order chi connectivity index (χ0) is 16.8. The Kier molecular flexibility index (Phi) is 5.38. The molecule has 1 saturated heterocycles. The van der Waals surface area contributed by atoms with Crippen LogP contribution in [0.2, 0.25) is 0 Å². The Morgan fingerprint density at radius 1 is 1.04 bits per heavy atom. The Balaban J connectivity index is 1.40. The van der Waals surface area contributed by atoms with Gasteiger partial charge in [-0.25, -0.2) is 0 Å². The Bertz CT molecular complexity index is 650. The predicted molar refractivity (Wildman–Crippen MR) is 92.7 cm³/mol. The van der Waals surface area contributed by atoms with E-state index in [9.17, 15) is 4.79 Å². The van der Waals surface area contributed by atoms with E-state index in [4.69, 9.17) is 4.74 Å². The molecule has 1 aromatic heterocycles. The first-order valence-electron chi connectivity index (χ1n) is 8.20. The lowest BCUT2D eigenvalue weighted by molar-refractivity contribution is 0.112.